The Balaban J connectivity index is 1.31. The van der Waals surface area contributed by atoms with Crippen molar-refractivity contribution < 1.29 is 4.79 Å². The molecule has 0 unspecified atom stereocenters. The maximum Gasteiger partial charge on any atom is 0.271 e. The first-order valence-corrected chi connectivity index (χ1v) is 10.0. The van der Waals surface area contributed by atoms with Crippen LogP contribution in [0.4, 0.5) is 0 Å². The molecule has 2 aromatic rings. The summed E-state index contributed by atoms with van der Waals surface area (Å²) >= 11 is 1.85. The highest BCUT2D eigenvalue weighted by Gasteiger charge is 2.23. The predicted octanol–water partition coefficient (Wildman–Crippen LogP) is 0.214. The third kappa shape index (κ3) is 3.68. The molecule has 0 atom stereocenters. The molecule has 1 saturated heterocycles. The van der Waals surface area contributed by atoms with Gasteiger partial charge in [0.2, 0.25) is 0 Å². The lowest BCUT2D eigenvalue weighted by molar-refractivity contribution is 0.0625. The predicted molar refractivity (Wildman–Crippen MR) is 99.3 cm³/mol. The number of hydrogen-bond donors (Lipinski definition) is 1. The third-order valence-electron chi connectivity index (χ3n) is 4.92. The summed E-state index contributed by atoms with van der Waals surface area (Å²) < 4.78 is 1.59. The highest BCUT2D eigenvalue weighted by Crippen LogP contribution is 2.21. The van der Waals surface area contributed by atoms with E-state index in [1.165, 1.54) is 0 Å². The van der Waals surface area contributed by atoms with Crippen LogP contribution in [0.15, 0.2) is 23.1 Å². The molecule has 1 amide bonds. The lowest BCUT2D eigenvalue weighted by atomic mass is 10.2. The van der Waals surface area contributed by atoms with Gasteiger partial charge in [0.15, 0.2) is 0 Å². The minimum atomic E-state index is -0.0145. The SMILES string of the molecule is O=C(c1ccn[nH]1)N1CCN(CCn2nc3c(cc2=O)CSCC3)CC1. The second kappa shape index (κ2) is 7.63. The summed E-state index contributed by atoms with van der Waals surface area (Å²) in [5, 5.41) is 11.1. The smallest absolute Gasteiger partial charge is 0.271 e. The normalized spacial score (nSPS) is 17.9. The number of carbonyl (C=O) groups is 1. The van der Waals surface area contributed by atoms with Gasteiger partial charge in [-0.05, 0) is 17.4 Å². The molecule has 9 heteroatoms. The van der Waals surface area contributed by atoms with Gasteiger partial charge >= 0.3 is 0 Å². The summed E-state index contributed by atoms with van der Waals surface area (Å²) in [4.78, 5) is 28.7. The van der Waals surface area contributed by atoms with Crippen LogP contribution in [-0.2, 0) is 18.7 Å². The summed E-state index contributed by atoms with van der Waals surface area (Å²) in [5.74, 6) is 1.96. The molecule has 8 nitrogen and oxygen atoms in total. The van der Waals surface area contributed by atoms with Crippen LogP contribution in [0.5, 0.6) is 0 Å². The monoisotopic (exact) mass is 374 g/mol. The summed E-state index contributed by atoms with van der Waals surface area (Å²) in [6, 6.07) is 3.44. The van der Waals surface area contributed by atoms with Crippen molar-refractivity contribution in [3.63, 3.8) is 0 Å². The molecule has 1 fully saturated rings. The lowest BCUT2D eigenvalue weighted by Crippen LogP contribution is -2.49. The standard InChI is InChI=1S/C17H22N6O2S/c24-16-11-13-12-26-10-2-14(13)20-23(16)9-6-21-4-7-22(8-5-21)17(25)15-1-3-18-19-15/h1,3,11H,2,4-10,12H2,(H,18,19). The van der Waals surface area contributed by atoms with Crippen molar-refractivity contribution in [2.45, 2.75) is 18.7 Å². The van der Waals surface area contributed by atoms with Crippen molar-refractivity contribution in [1.29, 1.82) is 0 Å². The molecule has 0 spiro atoms. The van der Waals surface area contributed by atoms with E-state index in [1.54, 1.807) is 23.0 Å². The highest BCUT2D eigenvalue weighted by atomic mass is 32.2. The Hall–Kier alpha value is -2.13. The van der Waals surface area contributed by atoms with Gasteiger partial charge in [0.05, 0.1) is 12.2 Å². The quantitative estimate of drug-likeness (QED) is 0.824. The number of fused-ring (bicyclic) bond motifs is 1. The number of nitrogens with zero attached hydrogens (tertiary/aromatic N) is 5. The zero-order valence-corrected chi connectivity index (χ0v) is 15.4. The number of nitrogens with one attached hydrogen (secondary N) is 1. The van der Waals surface area contributed by atoms with Gasteiger partial charge in [-0.2, -0.15) is 22.0 Å². The number of aromatic amines is 1. The molecule has 2 aromatic heterocycles. The number of hydrogen-bond acceptors (Lipinski definition) is 6. The number of piperazine rings is 1. The minimum absolute atomic E-state index is 0.00686. The maximum absolute atomic E-state index is 12.3. The van der Waals surface area contributed by atoms with Crippen LogP contribution in [-0.4, -0.2) is 74.2 Å². The summed E-state index contributed by atoms with van der Waals surface area (Å²) in [6.07, 6.45) is 2.53. The lowest BCUT2D eigenvalue weighted by Gasteiger charge is -2.34. The Morgan fingerprint density at radius 3 is 2.85 bits per heavy atom. The van der Waals surface area contributed by atoms with Crippen molar-refractivity contribution in [1.82, 2.24) is 29.8 Å². The number of carbonyl (C=O) groups excluding carboxylic acids is 1. The average Bonchev–Trinajstić information content (AvgIpc) is 3.21. The number of aryl methyl sites for hydroxylation is 1. The van der Waals surface area contributed by atoms with E-state index in [2.05, 4.69) is 20.2 Å². The molecule has 0 aromatic carbocycles. The topological polar surface area (TPSA) is 87.1 Å². The van der Waals surface area contributed by atoms with Crippen LogP contribution in [0.1, 0.15) is 21.7 Å². The summed E-state index contributed by atoms with van der Waals surface area (Å²) in [7, 11) is 0. The maximum atomic E-state index is 12.3. The van der Waals surface area contributed by atoms with Gasteiger partial charge in [-0.15, -0.1) is 0 Å². The molecule has 4 rings (SSSR count). The van der Waals surface area contributed by atoms with E-state index in [9.17, 15) is 9.59 Å². The number of rotatable bonds is 4. The fraction of sp³-hybridized carbons (Fsp3) is 0.529. The fourth-order valence-corrected chi connectivity index (χ4v) is 4.32. The molecule has 2 aliphatic heterocycles. The first-order chi connectivity index (χ1) is 12.7. The van der Waals surface area contributed by atoms with Crippen LogP contribution in [0.3, 0.4) is 0 Å². The largest absolute Gasteiger partial charge is 0.335 e. The number of amides is 1. The van der Waals surface area contributed by atoms with E-state index in [4.69, 9.17) is 0 Å². The van der Waals surface area contributed by atoms with Crippen molar-refractivity contribution >= 4 is 17.7 Å². The zero-order chi connectivity index (χ0) is 17.9. The van der Waals surface area contributed by atoms with Crippen molar-refractivity contribution in [3.05, 3.63) is 45.6 Å². The number of thioether (sulfide) groups is 1. The van der Waals surface area contributed by atoms with Crippen molar-refractivity contribution in [3.8, 4) is 0 Å². The van der Waals surface area contributed by atoms with Crippen LogP contribution >= 0.6 is 11.8 Å². The fourth-order valence-electron chi connectivity index (χ4n) is 3.37. The van der Waals surface area contributed by atoms with Gasteiger partial charge in [-0.1, -0.05) is 0 Å². The van der Waals surface area contributed by atoms with E-state index in [-0.39, 0.29) is 11.5 Å². The Morgan fingerprint density at radius 2 is 2.08 bits per heavy atom. The van der Waals surface area contributed by atoms with Crippen LogP contribution < -0.4 is 5.56 Å². The van der Waals surface area contributed by atoms with E-state index in [1.807, 2.05) is 16.7 Å². The first kappa shape index (κ1) is 17.3. The second-order valence-electron chi connectivity index (χ2n) is 6.58. The van der Waals surface area contributed by atoms with Crippen LogP contribution in [0.2, 0.25) is 0 Å². The molecule has 2 aliphatic rings. The Labute approximate surface area is 155 Å². The average molecular weight is 374 g/mol. The Bertz CT molecular complexity index is 826. The minimum Gasteiger partial charge on any atom is -0.335 e. The van der Waals surface area contributed by atoms with Gasteiger partial charge in [0.1, 0.15) is 5.69 Å². The molecule has 4 heterocycles. The molecule has 138 valence electrons. The number of H-pyrrole nitrogens is 1. The van der Waals surface area contributed by atoms with E-state index in [0.717, 1.165) is 48.8 Å². The summed E-state index contributed by atoms with van der Waals surface area (Å²) in [6.45, 7) is 4.33. The second-order valence-corrected chi connectivity index (χ2v) is 7.69. The van der Waals surface area contributed by atoms with Crippen molar-refractivity contribution in [2.24, 2.45) is 0 Å². The molecule has 0 radical (unpaired) electrons. The molecule has 0 saturated carbocycles. The van der Waals surface area contributed by atoms with Gasteiger partial charge in [0, 0.05) is 57.2 Å². The molecule has 1 N–H and O–H groups in total. The van der Waals surface area contributed by atoms with Gasteiger partial charge < -0.3 is 4.90 Å². The van der Waals surface area contributed by atoms with E-state index < -0.39 is 0 Å². The molecule has 0 aliphatic carbocycles. The molecule has 0 bridgehead atoms. The third-order valence-corrected chi connectivity index (χ3v) is 5.93. The van der Waals surface area contributed by atoms with E-state index >= 15 is 0 Å². The molecule has 26 heavy (non-hydrogen) atoms. The zero-order valence-electron chi connectivity index (χ0n) is 14.6. The Morgan fingerprint density at radius 1 is 1.23 bits per heavy atom. The van der Waals surface area contributed by atoms with Crippen molar-refractivity contribution in [2.75, 3.05) is 38.5 Å². The molecular formula is C17H22N6O2S. The summed E-state index contributed by atoms with van der Waals surface area (Å²) in [5.41, 5.74) is 2.67. The highest BCUT2D eigenvalue weighted by molar-refractivity contribution is 7.98. The Kier molecular flexibility index (Phi) is 5.07. The van der Waals surface area contributed by atoms with Crippen LogP contribution in [0, 0.1) is 0 Å². The van der Waals surface area contributed by atoms with Gasteiger partial charge in [0.25, 0.3) is 11.5 Å². The van der Waals surface area contributed by atoms with Gasteiger partial charge in [-0.3, -0.25) is 19.6 Å². The van der Waals surface area contributed by atoms with E-state index in [0.29, 0.717) is 25.3 Å². The molecular weight excluding hydrogens is 352 g/mol. The number of aromatic nitrogens is 4. The van der Waals surface area contributed by atoms with Crippen LogP contribution in [0.25, 0.3) is 0 Å². The first-order valence-electron chi connectivity index (χ1n) is 8.89. The van der Waals surface area contributed by atoms with Gasteiger partial charge in [-0.25, -0.2) is 4.68 Å².